The lowest BCUT2D eigenvalue weighted by atomic mass is 9.81. The number of carbonyl (C=O) groups excluding carboxylic acids is 2. The quantitative estimate of drug-likeness (QED) is 0.215. The predicted octanol–water partition coefficient (Wildman–Crippen LogP) is 8.06. The summed E-state index contributed by atoms with van der Waals surface area (Å²) >= 11 is 0. The fourth-order valence-electron chi connectivity index (χ4n) is 6.33. The first-order chi connectivity index (χ1) is 21.1. The van der Waals surface area contributed by atoms with Crippen LogP contribution in [-0.4, -0.2) is 60.9 Å². The molecule has 2 aliphatic rings. The standard InChI is InChI=1S/C24H34N2O.C10H10O2.C2H6.CH4O/c1-18-6-2-3-7-20(11-10-18)24(17-27)26-14-12-19(13-15-26)22-16-25-23-9-5-4-8-21(22)23;1-12-10-6-4-9(5-7-10)3-2-8-11;2*1-2/h4-5,8-9,16-20,24-25H,2-3,6-7,10-15H2,1H3;2-8H,1H3;1-2H3;2H,1H3/b;3-2+;;. The minimum Gasteiger partial charge on any atom is -0.497 e. The number of aromatic nitrogens is 1. The first kappa shape index (κ1) is 36.0. The summed E-state index contributed by atoms with van der Waals surface area (Å²) in [7, 11) is 2.62. The summed E-state index contributed by atoms with van der Waals surface area (Å²) < 4.78 is 4.98. The number of rotatable bonds is 7. The number of ether oxygens (including phenoxy) is 1. The molecule has 1 saturated carbocycles. The van der Waals surface area contributed by atoms with Gasteiger partial charge in [0.2, 0.25) is 0 Å². The number of hydrogen-bond donors (Lipinski definition) is 2. The lowest BCUT2D eigenvalue weighted by molar-refractivity contribution is -0.115. The van der Waals surface area contributed by atoms with Gasteiger partial charge in [0.05, 0.1) is 13.2 Å². The van der Waals surface area contributed by atoms with E-state index in [1.165, 1.54) is 67.4 Å². The molecule has 3 atom stereocenters. The van der Waals surface area contributed by atoms with Crippen LogP contribution in [0.15, 0.2) is 60.8 Å². The Labute approximate surface area is 259 Å². The van der Waals surface area contributed by atoms with Gasteiger partial charge in [-0.15, -0.1) is 0 Å². The second-order valence-corrected chi connectivity index (χ2v) is 11.2. The van der Waals surface area contributed by atoms with Crippen LogP contribution >= 0.6 is 0 Å². The van der Waals surface area contributed by atoms with Crippen molar-refractivity contribution in [2.45, 2.75) is 84.1 Å². The third kappa shape index (κ3) is 11.1. The molecule has 0 radical (unpaired) electrons. The van der Waals surface area contributed by atoms with E-state index in [-0.39, 0.29) is 6.04 Å². The van der Waals surface area contributed by atoms with Gasteiger partial charge in [-0.2, -0.15) is 0 Å². The molecule has 3 unspecified atom stereocenters. The van der Waals surface area contributed by atoms with E-state index in [0.717, 1.165) is 56.6 Å². The average molecular weight is 591 g/mol. The largest absolute Gasteiger partial charge is 0.497 e. The van der Waals surface area contributed by atoms with Crippen LogP contribution in [0.25, 0.3) is 17.0 Å². The van der Waals surface area contributed by atoms with E-state index in [1.54, 1.807) is 13.2 Å². The number of para-hydroxylation sites is 1. The minimum absolute atomic E-state index is 0.138. The zero-order chi connectivity index (χ0) is 31.5. The maximum absolute atomic E-state index is 12.0. The van der Waals surface area contributed by atoms with Gasteiger partial charge in [0.25, 0.3) is 0 Å². The van der Waals surface area contributed by atoms with Crippen molar-refractivity contribution in [2.75, 3.05) is 27.3 Å². The van der Waals surface area contributed by atoms with E-state index < -0.39 is 0 Å². The fraction of sp³-hybridized carbons (Fsp3) is 0.514. The van der Waals surface area contributed by atoms with E-state index in [4.69, 9.17) is 9.84 Å². The van der Waals surface area contributed by atoms with Crippen LogP contribution in [0.4, 0.5) is 0 Å². The highest BCUT2D eigenvalue weighted by Gasteiger charge is 2.32. The summed E-state index contributed by atoms with van der Waals surface area (Å²) in [6, 6.07) is 16.2. The molecular formula is C37H54N2O4. The van der Waals surface area contributed by atoms with Crippen LogP contribution < -0.4 is 4.74 Å². The van der Waals surface area contributed by atoms with Gasteiger partial charge in [-0.05, 0) is 91.9 Å². The van der Waals surface area contributed by atoms with Crippen LogP contribution in [0.5, 0.6) is 5.75 Å². The summed E-state index contributed by atoms with van der Waals surface area (Å²) in [6.45, 7) is 8.49. The Morgan fingerprint density at radius 2 is 1.58 bits per heavy atom. The molecule has 3 aromatic rings. The number of aldehydes is 2. The number of carbonyl (C=O) groups is 2. The topological polar surface area (TPSA) is 82.6 Å². The molecule has 0 amide bonds. The SMILES string of the molecule is CC.CC1CCCCC(C(C=O)N2CCC(c3c[nH]c4ccccc34)CC2)CC1.CO.COc1ccc(/C=C/C=O)cc1. The van der Waals surface area contributed by atoms with Gasteiger partial charge < -0.3 is 19.6 Å². The number of fused-ring (bicyclic) bond motifs is 1. The Bertz CT molecular complexity index is 1190. The number of benzene rings is 2. The van der Waals surface area contributed by atoms with E-state index in [0.29, 0.717) is 11.8 Å². The molecule has 236 valence electrons. The molecule has 1 aromatic heterocycles. The first-order valence-electron chi connectivity index (χ1n) is 16.1. The van der Waals surface area contributed by atoms with Crippen molar-refractivity contribution < 1.29 is 19.4 Å². The van der Waals surface area contributed by atoms with Crippen molar-refractivity contribution >= 4 is 29.6 Å². The van der Waals surface area contributed by atoms with Crippen molar-refractivity contribution in [1.82, 2.24) is 9.88 Å². The van der Waals surface area contributed by atoms with E-state index in [9.17, 15) is 9.59 Å². The normalized spacial score (nSPS) is 20.1. The Balaban J connectivity index is 0.000000339. The van der Waals surface area contributed by atoms with Crippen molar-refractivity contribution in [3.63, 3.8) is 0 Å². The second kappa shape index (κ2) is 20.6. The van der Waals surface area contributed by atoms with Gasteiger partial charge in [-0.3, -0.25) is 9.69 Å². The Morgan fingerprint density at radius 1 is 0.907 bits per heavy atom. The van der Waals surface area contributed by atoms with Gasteiger partial charge in [0.1, 0.15) is 18.3 Å². The number of methoxy groups -OCH3 is 1. The molecule has 43 heavy (non-hydrogen) atoms. The maximum atomic E-state index is 12.0. The lowest BCUT2D eigenvalue weighted by Gasteiger charge is -2.39. The number of nitrogens with zero attached hydrogens (tertiary/aromatic N) is 1. The summed E-state index contributed by atoms with van der Waals surface area (Å²) in [5, 5.41) is 8.37. The zero-order valence-corrected chi connectivity index (χ0v) is 27.0. The van der Waals surface area contributed by atoms with E-state index >= 15 is 0 Å². The molecule has 2 fully saturated rings. The first-order valence-corrected chi connectivity index (χ1v) is 16.1. The third-order valence-corrected chi connectivity index (χ3v) is 8.67. The highest BCUT2D eigenvalue weighted by molar-refractivity contribution is 5.83. The van der Waals surface area contributed by atoms with E-state index in [1.807, 2.05) is 38.1 Å². The number of hydrogen-bond acceptors (Lipinski definition) is 5. The number of nitrogens with one attached hydrogen (secondary N) is 1. The highest BCUT2D eigenvalue weighted by atomic mass is 16.5. The Kier molecular flexibility index (Phi) is 17.3. The second-order valence-electron chi connectivity index (χ2n) is 11.2. The summed E-state index contributed by atoms with van der Waals surface area (Å²) in [5.41, 5.74) is 3.69. The molecule has 0 bridgehead atoms. The monoisotopic (exact) mass is 590 g/mol. The average Bonchev–Trinajstić information content (AvgIpc) is 3.50. The molecule has 6 nitrogen and oxygen atoms in total. The van der Waals surface area contributed by atoms with Crippen LogP contribution in [0.1, 0.15) is 89.2 Å². The number of allylic oxidation sites excluding steroid dienone is 1. The van der Waals surface area contributed by atoms with Gasteiger partial charge in [0.15, 0.2) is 0 Å². The molecule has 1 saturated heterocycles. The summed E-state index contributed by atoms with van der Waals surface area (Å²) in [5.74, 6) is 2.82. The lowest BCUT2D eigenvalue weighted by Crippen LogP contribution is -2.46. The van der Waals surface area contributed by atoms with Crippen molar-refractivity contribution in [2.24, 2.45) is 11.8 Å². The van der Waals surface area contributed by atoms with Crippen molar-refractivity contribution in [3.8, 4) is 5.75 Å². The van der Waals surface area contributed by atoms with Crippen LogP contribution in [0.3, 0.4) is 0 Å². The highest BCUT2D eigenvalue weighted by Crippen LogP contribution is 2.36. The van der Waals surface area contributed by atoms with Crippen LogP contribution in [0, 0.1) is 11.8 Å². The number of aromatic amines is 1. The van der Waals surface area contributed by atoms with Gasteiger partial charge >= 0.3 is 0 Å². The number of aliphatic hydroxyl groups is 1. The molecule has 1 aliphatic heterocycles. The van der Waals surface area contributed by atoms with Crippen molar-refractivity contribution in [3.05, 3.63) is 71.9 Å². The van der Waals surface area contributed by atoms with E-state index in [2.05, 4.69) is 47.3 Å². The van der Waals surface area contributed by atoms with Gasteiger partial charge in [0, 0.05) is 24.2 Å². The molecule has 2 aromatic carbocycles. The number of likely N-dealkylation sites (tertiary alicyclic amines) is 1. The molecule has 2 heterocycles. The predicted molar refractivity (Wildman–Crippen MR) is 180 cm³/mol. The van der Waals surface area contributed by atoms with Gasteiger partial charge in [-0.25, -0.2) is 0 Å². The zero-order valence-electron chi connectivity index (χ0n) is 27.0. The Morgan fingerprint density at radius 3 is 2.23 bits per heavy atom. The molecular weight excluding hydrogens is 536 g/mol. The van der Waals surface area contributed by atoms with Crippen LogP contribution in [0.2, 0.25) is 0 Å². The van der Waals surface area contributed by atoms with Crippen molar-refractivity contribution in [1.29, 1.82) is 0 Å². The molecule has 2 N–H and O–H groups in total. The Hall–Kier alpha value is -3.22. The molecule has 5 rings (SSSR count). The minimum atomic E-state index is 0.138. The molecule has 6 heteroatoms. The smallest absolute Gasteiger partial charge is 0.142 e. The van der Waals surface area contributed by atoms with Crippen LogP contribution in [-0.2, 0) is 9.59 Å². The fourth-order valence-corrected chi connectivity index (χ4v) is 6.33. The third-order valence-electron chi connectivity index (χ3n) is 8.67. The summed E-state index contributed by atoms with van der Waals surface area (Å²) in [4.78, 5) is 27.9. The summed E-state index contributed by atoms with van der Waals surface area (Å²) in [6.07, 6.45) is 17.5. The number of piperidine rings is 1. The molecule has 1 aliphatic carbocycles. The molecule has 0 spiro atoms. The number of H-pyrrole nitrogens is 1. The maximum Gasteiger partial charge on any atom is 0.142 e. The van der Waals surface area contributed by atoms with Gasteiger partial charge in [-0.1, -0.05) is 82.9 Å². The number of aliphatic hydroxyl groups excluding tert-OH is 1.